The van der Waals surface area contributed by atoms with Crippen LogP contribution in [0.2, 0.25) is 0 Å². The molecule has 0 atom stereocenters. The summed E-state index contributed by atoms with van der Waals surface area (Å²) < 4.78 is 28.6. The molecule has 0 aliphatic carbocycles. The molecule has 1 N–H and O–H groups in total. The molecule has 0 saturated carbocycles. The van der Waals surface area contributed by atoms with E-state index in [2.05, 4.69) is 10.1 Å². The smallest absolute Gasteiger partial charge is 0.387 e. The van der Waals surface area contributed by atoms with E-state index in [4.69, 9.17) is 4.98 Å². The topological polar surface area (TPSA) is 34.1 Å². The van der Waals surface area contributed by atoms with Crippen molar-refractivity contribution in [1.29, 1.82) is 0 Å². The van der Waals surface area contributed by atoms with Crippen molar-refractivity contribution in [2.45, 2.75) is 25.4 Å². The molecule has 1 aliphatic heterocycles. The number of thiazole rings is 1. The summed E-state index contributed by atoms with van der Waals surface area (Å²) in [6, 6.07) is 6.62. The lowest BCUT2D eigenvalue weighted by Gasteiger charge is -2.20. The second-order valence-corrected chi connectivity index (χ2v) is 5.89. The van der Waals surface area contributed by atoms with Crippen LogP contribution < -0.4 is 10.1 Å². The number of ether oxygens (including phenoxy) is 1. The van der Waals surface area contributed by atoms with Crippen molar-refractivity contribution in [3.8, 4) is 17.0 Å². The van der Waals surface area contributed by atoms with Crippen molar-refractivity contribution < 1.29 is 13.5 Å². The highest BCUT2D eigenvalue weighted by Gasteiger charge is 2.18. The molecule has 2 aromatic rings. The Bertz CT molecular complexity index is 585. The Morgan fingerprint density at radius 1 is 1.18 bits per heavy atom. The molecule has 0 bridgehead atoms. The van der Waals surface area contributed by atoms with Gasteiger partial charge in [-0.15, -0.1) is 28.3 Å². The van der Waals surface area contributed by atoms with Gasteiger partial charge in [-0.25, -0.2) is 4.98 Å². The summed E-state index contributed by atoms with van der Waals surface area (Å²) in [4.78, 5) is 4.70. The zero-order valence-electron chi connectivity index (χ0n) is 11.8. The molecule has 3 nitrogen and oxygen atoms in total. The fraction of sp³-hybridized carbons (Fsp3) is 0.400. The molecule has 7 heteroatoms. The van der Waals surface area contributed by atoms with Crippen LogP contribution in [0.5, 0.6) is 5.75 Å². The van der Waals surface area contributed by atoms with E-state index in [1.165, 1.54) is 5.01 Å². The zero-order valence-corrected chi connectivity index (χ0v) is 14.3. The van der Waals surface area contributed by atoms with E-state index in [-0.39, 0.29) is 22.7 Å². The first-order chi connectivity index (χ1) is 10.2. The lowest BCUT2D eigenvalue weighted by molar-refractivity contribution is -0.0498. The number of alkyl halides is 2. The highest BCUT2D eigenvalue weighted by Crippen LogP contribution is 2.31. The quantitative estimate of drug-likeness (QED) is 0.836. The third-order valence-electron chi connectivity index (χ3n) is 3.59. The van der Waals surface area contributed by atoms with Crippen molar-refractivity contribution in [1.82, 2.24) is 10.3 Å². The Kier molecular flexibility index (Phi) is 6.28. The molecular weight excluding hydrogens is 374 g/mol. The van der Waals surface area contributed by atoms with Gasteiger partial charge in [0.05, 0.1) is 10.7 Å². The summed E-state index contributed by atoms with van der Waals surface area (Å²) in [5.74, 6) is 0.703. The van der Waals surface area contributed by atoms with Crippen LogP contribution >= 0.6 is 28.3 Å². The van der Waals surface area contributed by atoms with E-state index in [9.17, 15) is 8.78 Å². The predicted molar refractivity (Wildman–Crippen MR) is 89.3 cm³/mol. The molecule has 3 rings (SSSR count). The first-order valence-corrected chi connectivity index (χ1v) is 7.82. The van der Waals surface area contributed by atoms with Crippen LogP contribution in [0, 0.1) is 0 Å². The van der Waals surface area contributed by atoms with Gasteiger partial charge >= 0.3 is 6.61 Å². The average molecular weight is 391 g/mol. The second kappa shape index (κ2) is 7.99. The molecule has 0 amide bonds. The summed E-state index contributed by atoms with van der Waals surface area (Å²) in [6.45, 7) is -0.708. The van der Waals surface area contributed by atoms with Crippen LogP contribution in [0.15, 0.2) is 29.6 Å². The number of aromatic nitrogens is 1. The van der Waals surface area contributed by atoms with Gasteiger partial charge in [0.1, 0.15) is 5.75 Å². The van der Waals surface area contributed by atoms with Gasteiger partial charge in [0.2, 0.25) is 0 Å². The van der Waals surface area contributed by atoms with Gasteiger partial charge in [0.25, 0.3) is 0 Å². The summed E-state index contributed by atoms with van der Waals surface area (Å²) >= 11 is 1.68. The third-order valence-corrected chi connectivity index (χ3v) is 4.59. The van der Waals surface area contributed by atoms with Crippen LogP contribution in [0.1, 0.15) is 23.8 Å². The SMILES string of the molecule is Br.FC(F)Oc1ccc(-c2csc(C3CCNCC3)n2)cc1. The third kappa shape index (κ3) is 4.24. The van der Waals surface area contributed by atoms with Gasteiger partial charge in [0, 0.05) is 16.9 Å². The monoisotopic (exact) mass is 390 g/mol. The van der Waals surface area contributed by atoms with Gasteiger partial charge in [-0.05, 0) is 50.2 Å². The van der Waals surface area contributed by atoms with E-state index < -0.39 is 6.61 Å². The number of benzene rings is 1. The van der Waals surface area contributed by atoms with Crippen LogP contribution in [0.3, 0.4) is 0 Å². The number of nitrogens with one attached hydrogen (secondary N) is 1. The Labute approximate surface area is 142 Å². The molecule has 1 aliphatic rings. The normalized spacial score (nSPS) is 15.6. The van der Waals surface area contributed by atoms with Crippen LogP contribution in [0.4, 0.5) is 8.78 Å². The van der Waals surface area contributed by atoms with Gasteiger partial charge < -0.3 is 10.1 Å². The maximum absolute atomic E-state index is 12.1. The van der Waals surface area contributed by atoms with Crippen LogP contribution in [-0.4, -0.2) is 24.7 Å². The molecule has 120 valence electrons. The molecule has 1 aromatic carbocycles. The van der Waals surface area contributed by atoms with E-state index >= 15 is 0 Å². The van der Waals surface area contributed by atoms with Crippen molar-refractivity contribution in [3.05, 3.63) is 34.7 Å². The molecule has 2 heterocycles. The summed E-state index contributed by atoms with van der Waals surface area (Å²) in [7, 11) is 0. The number of rotatable bonds is 4. The van der Waals surface area contributed by atoms with Gasteiger partial charge in [-0.3, -0.25) is 0 Å². The summed E-state index contributed by atoms with van der Waals surface area (Å²) in [5, 5.41) is 6.54. The van der Waals surface area contributed by atoms with Gasteiger partial charge in [0.15, 0.2) is 0 Å². The van der Waals surface area contributed by atoms with E-state index in [0.29, 0.717) is 5.92 Å². The minimum atomic E-state index is -2.79. The minimum Gasteiger partial charge on any atom is -0.435 e. The lowest BCUT2D eigenvalue weighted by atomic mass is 9.99. The van der Waals surface area contributed by atoms with Crippen molar-refractivity contribution >= 4 is 28.3 Å². The summed E-state index contributed by atoms with van der Waals surface area (Å²) in [6.07, 6.45) is 2.24. The molecule has 1 fully saturated rings. The Hall–Kier alpha value is -1.05. The fourth-order valence-corrected chi connectivity index (χ4v) is 3.48. The molecule has 1 aromatic heterocycles. The summed E-state index contributed by atoms with van der Waals surface area (Å²) in [5.41, 5.74) is 1.82. The van der Waals surface area contributed by atoms with E-state index in [1.807, 2.05) is 5.38 Å². The molecule has 1 saturated heterocycles. The Morgan fingerprint density at radius 2 is 1.86 bits per heavy atom. The molecule has 22 heavy (non-hydrogen) atoms. The van der Waals surface area contributed by atoms with Gasteiger partial charge in [-0.1, -0.05) is 0 Å². The standard InChI is InChI=1S/C15H16F2N2OS.BrH/c16-15(17)20-12-3-1-10(2-4-12)13-9-21-14(19-13)11-5-7-18-8-6-11;/h1-4,9,11,15,18H,5-8H2;1H. The van der Waals surface area contributed by atoms with Crippen molar-refractivity contribution in [3.63, 3.8) is 0 Å². The predicted octanol–water partition coefficient (Wildman–Crippen LogP) is 4.46. The molecule has 0 spiro atoms. The number of hydrogen-bond donors (Lipinski definition) is 1. The minimum absolute atomic E-state index is 0. The number of piperidine rings is 1. The Morgan fingerprint density at radius 3 is 2.50 bits per heavy atom. The van der Waals surface area contributed by atoms with E-state index in [1.54, 1.807) is 35.6 Å². The largest absolute Gasteiger partial charge is 0.435 e. The maximum atomic E-state index is 12.1. The molecule has 0 unspecified atom stereocenters. The van der Waals surface area contributed by atoms with Gasteiger partial charge in [-0.2, -0.15) is 8.78 Å². The average Bonchev–Trinajstić information content (AvgIpc) is 2.98. The highest BCUT2D eigenvalue weighted by atomic mass is 79.9. The lowest BCUT2D eigenvalue weighted by Crippen LogP contribution is -2.26. The van der Waals surface area contributed by atoms with Crippen LogP contribution in [-0.2, 0) is 0 Å². The fourth-order valence-electron chi connectivity index (χ4n) is 2.48. The van der Waals surface area contributed by atoms with Crippen molar-refractivity contribution in [2.24, 2.45) is 0 Å². The highest BCUT2D eigenvalue weighted by molar-refractivity contribution is 8.93. The molecular formula is C15H17BrF2N2OS. The second-order valence-electron chi connectivity index (χ2n) is 5.00. The van der Waals surface area contributed by atoms with E-state index in [0.717, 1.165) is 37.2 Å². The number of hydrogen-bond acceptors (Lipinski definition) is 4. The van der Waals surface area contributed by atoms with Crippen LogP contribution in [0.25, 0.3) is 11.3 Å². The van der Waals surface area contributed by atoms with Crippen molar-refractivity contribution in [2.75, 3.05) is 13.1 Å². The number of halogens is 3. The maximum Gasteiger partial charge on any atom is 0.387 e. The zero-order chi connectivity index (χ0) is 14.7. The molecule has 0 radical (unpaired) electrons. The first-order valence-electron chi connectivity index (χ1n) is 6.94. The number of nitrogens with zero attached hydrogens (tertiary/aromatic N) is 1. The first kappa shape index (κ1) is 17.3. The Balaban J connectivity index is 0.00000176.